The number of fused-ring (bicyclic) bond motifs is 1. The zero-order valence-electron chi connectivity index (χ0n) is 22.3. The van der Waals surface area contributed by atoms with Crippen molar-refractivity contribution in [3.05, 3.63) is 52.8 Å². The minimum atomic E-state index is -1.82. The van der Waals surface area contributed by atoms with Crippen molar-refractivity contribution in [2.24, 2.45) is 7.05 Å². The smallest absolute Gasteiger partial charge is 0.414 e. The summed E-state index contributed by atoms with van der Waals surface area (Å²) in [6.07, 6.45) is -0.693. The Bertz CT molecular complexity index is 1330. The maximum Gasteiger partial charge on any atom is 0.414 e. The molecule has 0 amide bonds. The SMILES string of the molecule is COc1ccc(-c2cc3ccc(OC)cc3c(=O)n2C)c(OCC(O)CNC(C)(C)C)c1.O=C(O)C(=O)O. The van der Waals surface area contributed by atoms with Gasteiger partial charge >= 0.3 is 11.9 Å². The number of aliphatic hydroxyl groups excluding tert-OH is 1. The maximum atomic E-state index is 13.1. The molecule has 4 N–H and O–H groups in total. The molecule has 1 heterocycles. The highest BCUT2D eigenvalue weighted by atomic mass is 16.5. The average molecular weight is 531 g/mol. The number of carbonyl (C=O) groups is 2. The first kappa shape index (κ1) is 30.1. The molecule has 1 atom stereocenters. The van der Waals surface area contributed by atoms with Crippen molar-refractivity contribution in [1.29, 1.82) is 0 Å². The topological polar surface area (TPSA) is 157 Å². The molecule has 0 bridgehead atoms. The van der Waals surface area contributed by atoms with Crippen LogP contribution in [0.1, 0.15) is 20.8 Å². The van der Waals surface area contributed by atoms with Gasteiger partial charge in [-0.25, -0.2) is 9.59 Å². The normalized spacial score (nSPS) is 11.8. The number of hydrogen-bond donors (Lipinski definition) is 4. The number of aliphatic hydroxyl groups is 1. The van der Waals surface area contributed by atoms with Gasteiger partial charge in [0.1, 0.15) is 30.0 Å². The summed E-state index contributed by atoms with van der Waals surface area (Å²) >= 11 is 0. The van der Waals surface area contributed by atoms with Gasteiger partial charge in [0.25, 0.3) is 5.56 Å². The zero-order chi connectivity index (χ0) is 28.6. The number of benzene rings is 2. The molecule has 0 fully saturated rings. The number of aliphatic carboxylic acids is 2. The second-order valence-corrected chi connectivity index (χ2v) is 9.42. The van der Waals surface area contributed by atoms with Crippen molar-refractivity contribution >= 4 is 22.7 Å². The van der Waals surface area contributed by atoms with Crippen molar-refractivity contribution in [3.63, 3.8) is 0 Å². The van der Waals surface area contributed by atoms with Gasteiger partial charge in [-0.1, -0.05) is 6.07 Å². The number of pyridine rings is 1. The number of nitrogens with one attached hydrogen (secondary N) is 1. The summed E-state index contributed by atoms with van der Waals surface area (Å²) in [5.74, 6) is -1.86. The lowest BCUT2D eigenvalue weighted by Crippen LogP contribution is -2.42. The molecular weight excluding hydrogens is 496 g/mol. The fourth-order valence-corrected chi connectivity index (χ4v) is 3.40. The quantitative estimate of drug-likeness (QED) is 0.319. The van der Waals surface area contributed by atoms with Gasteiger partial charge in [-0.15, -0.1) is 0 Å². The third-order valence-corrected chi connectivity index (χ3v) is 5.40. The fraction of sp³-hybridized carbons (Fsp3) is 0.370. The van der Waals surface area contributed by atoms with Crippen LogP contribution in [0.5, 0.6) is 17.2 Å². The Hall–Kier alpha value is -4.09. The van der Waals surface area contributed by atoms with Crippen LogP contribution in [0, 0.1) is 0 Å². The first-order valence-corrected chi connectivity index (χ1v) is 11.7. The lowest BCUT2D eigenvalue weighted by Gasteiger charge is -2.23. The standard InChI is InChI=1S/C25H32N2O5.C2H2O4/c1-25(2,3)26-14-17(28)15-32-23-13-19(31-6)9-10-20(23)22-11-16-7-8-18(30-5)12-21(16)24(29)27(22)4;3-1(4)2(5)6/h7-13,17,26,28H,14-15H2,1-6H3;(H,3,4)(H,5,6). The molecule has 38 heavy (non-hydrogen) atoms. The molecule has 0 aliphatic rings. The van der Waals surface area contributed by atoms with Gasteiger partial charge in [-0.05, 0) is 56.5 Å². The van der Waals surface area contributed by atoms with Crippen molar-refractivity contribution in [2.45, 2.75) is 32.4 Å². The van der Waals surface area contributed by atoms with Gasteiger partial charge in [0.2, 0.25) is 0 Å². The first-order chi connectivity index (χ1) is 17.8. The summed E-state index contributed by atoms with van der Waals surface area (Å²) in [5.41, 5.74) is 1.20. The Morgan fingerprint density at radius 3 is 2.11 bits per heavy atom. The van der Waals surface area contributed by atoms with Crippen LogP contribution in [0.3, 0.4) is 0 Å². The van der Waals surface area contributed by atoms with Crippen LogP contribution in [-0.2, 0) is 16.6 Å². The van der Waals surface area contributed by atoms with Crippen LogP contribution in [0.15, 0.2) is 47.3 Å². The molecule has 1 aromatic heterocycles. The molecule has 2 aromatic carbocycles. The lowest BCUT2D eigenvalue weighted by atomic mass is 10.0. The third kappa shape index (κ3) is 8.22. The molecule has 206 valence electrons. The van der Waals surface area contributed by atoms with Crippen molar-refractivity contribution in [1.82, 2.24) is 9.88 Å². The largest absolute Gasteiger partial charge is 0.497 e. The number of ether oxygens (including phenoxy) is 3. The first-order valence-electron chi connectivity index (χ1n) is 11.7. The molecule has 11 nitrogen and oxygen atoms in total. The molecule has 3 aromatic rings. The van der Waals surface area contributed by atoms with Gasteiger partial charge in [0.05, 0.1) is 25.3 Å². The van der Waals surface area contributed by atoms with E-state index in [1.54, 1.807) is 38.0 Å². The van der Waals surface area contributed by atoms with E-state index in [0.29, 0.717) is 34.9 Å². The number of β-amino-alcohol motifs (C(OH)–C–C–N with tert-alkyl or cyclic N) is 1. The van der Waals surface area contributed by atoms with E-state index in [0.717, 1.165) is 10.9 Å². The number of methoxy groups -OCH3 is 2. The minimum Gasteiger partial charge on any atom is -0.497 e. The maximum absolute atomic E-state index is 13.1. The van der Waals surface area contributed by atoms with Gasteiger partial charge in [-0.3, -0.25) is 4.79 Å². The highest BCUT2D eigenvalue weighted by Crippen LogP contribution is 2.34. The van der Waals surface area contributed by atoms with Crippen LogP contribution in [0.2, 0.25) is 0 Å². The third-order valence-electron chi connectivity index (χ3n) is 5.40. The predicted octanol–water partition coefficient (Wildman–Crippen LogP) is 2.51. The van der Waals surface area contributed by atoms with E-state index in [1.807, 2.05) is 51.1 Å². The van der Waals surface area contributed by atoms with E-state index in [9.17, 15) is 9.90 Å². The Labute approximate surface area is 220 Å². The lowest BCUT2D eigenvalue weighted by molar-refractivity contribution is -0.159. The second-order valence-electron chi connectivity index (χ2n) is 9.42. The summed E-state index contributed by atoms with van der Waals surface area (Å²) in [7, 11) is 4.89. The van der Waals surface area contributed by atoms with Gasteiger partial charge in [0.15, 0.2) is 0 Å². The number of hydrogen-bond acceptors (Lipinski definition) is 8. The molecule has 0 aliphatic heterocycles. The van der Waals surface area contributed by atoms with Gasteiger partial charge in [0, 0.05) is 30.8 Å². The fourth-order valence-electron chi connectivity index (χ4n) is 3.40. The molecule has 0 aliphatic carbocycles. The Kier molecular flexibility index (Phi) is 10.3. The average Bonchev–Trinajstić information content (AvgIpc) is 2.87. The van der Waals surface area contributed by atoms with Crippen molar-refractivity contribution in [2.75, 3.05) is 27.4 Å². The van der Waals surface area contributed by atoms with E-state index in [4.69, 9.17) is 34.0 Å². The molecule has 0 saturated carbocycles. The zero-order valence-corrected chi connectivity index (χ0v) is 22.3. The molecule has 1 unspecified atom stereocenters. The number of rotatable bonds is 8. The van der Waals surface area contributed by atoms with Gasteiger partial charge in [-0.2, -0.15) is 0 Å². The monoisotopic (exact) mass is 530 g/mol. The molecule has 0 saturated heterocycles. The summed E-state index contributed by atoms with van der Waals surface area (Å²) in [5, 5.41) is 29.8. The van der Waals surface area contributed by atoms with Crippen LogP contribution in [0.25, 0.3) is 22.0 Å². The predicted molar refractivity (Wildman–Crippen MR) is 142 cm³/mol. The molecule has 11 heteroatoms. The van der Waals surface area contributed by atoms with Crippen molar-refractivity contribution in [3.8, 4) is 28.5 Å². The Morgan fingerprint density at radius 1 is 0.974 bits per heavy atom. The van der Waals surface area contributed by atoms with E-state index >= 15 is 0 Å². The summed E-state index contributed by atoms with van der Waals surface area (Å²) in [6.45, 7) is 6.62. The van der Waals surface area contributed by atoms with Crippen LogP contribution in [0.4, 0.5) is 0 Å². The van der Waals surface area contributed by atoms with Crippen LogP contribution >= 0.6 is 0 Å². The number of carboxylic acid groups (broad SMARTS) is 2. The van der Waals surface area contributed by atoms with Gasteiger partial charge < -0.3 is 39.4 Å². The number of nitrogens with zero attached hydrogens (tertiary/aromatic N) is 1. The highest BCUT2D eigenvalue weighted by molar-refractivity contribution is 6.27. The molecular formula is C27H34N2O9. The summed E-state index contributed by atoms with van der Waals surface area (Å²) in [6, 6.07) is 12.8. The molecule has 3 rings (SSSR count). The number of carboxylic acids is 2. The van der Waals surface area contributed by atoms with Crippen LogP contribution in [-0.4, -0.2) is 70.8 Å². The van der Waals surface area contributed by atoms with E-state index in [2.05, 4.69) is 5.32 Å². The summed E-state index contributed by atoms with van der Waals surface area (Å²) < 4.78 is 18.2. The second kappa shape index (κ2) is 12.9. The van der Waals surface area contributed by atoms with E-state index in [-0.39, 0.29) is 17.7 Å². The summed E-state index contributed by atoms with van der Waals surface area (Å²) in [4.78, 5) is 31.3. The van der Waals surface area contributed by atoms with E-state index < -0.39 is 18.0 Å². The number of aromatic nitrogens is 1. The van der Waals surface area contributed by atoms with Crippen LogP contribution < -0.4 is 25.1 Å². The van der Waals surface area contributed by atoms with Crippen molar-refractivity contribution < 1.29 is 39.1 Å². The molecule has 0 radical (unpaired) electrons. The minimum absolute atomic E-state index is 0.0992. The Balaban J connectivity index is 0.000000757. The molecule has 0 spiro atoms. The Morgan fingerprint density at radius 2 is 1.55 bits per heavy atom. The van der Waals surface area contributed by atoms with E-state index in [1.165, 1.54) is 0 Å². The highest BCUT2D eigenvalue weighted by Gasteiger charge is 2.17.